The van der Waals surface area contributed by atoms with Crippen molar-refractivity contribution < 1.29 is 0 Å². The van der Waals surface area contributed by atoms with Gasteiger partial charge in [0.05, 0.1) is 0 Å². The van der Waals surface area contributed by atoms with Gasteiger partial charge in [0.15, 0.2) is 5.65 Å². The molecule has 0 amide bonds. The van der Waals surface area contributed by atoms with Gasteiger partial charge in [-0.25, -0.2) is 9.78 Å². The summed E-state index contributed by atoms with van der Waals surface area (Å²) >= 11 is 0. The first-order chi connectivity index (χ1) is 11.2. The monoisotopic (exact) mass is 308 g/mol. The molecule has 23 heavy (non-hydrogen) atoms. The lowest BCUT2D eigenvalue weighted by Gasteiger charge is -2.07. The number of nitrogens with one attached hydrogen (secondary N) is 1. The van der Waals surface area contributed by atoms with E-state index in [1.54, 1.807) is 6.08 Å². The average molecular weight is 308 g/mol. The molecule has 1 N–H and O–H groups in total. The fourth-order valence-corrected chi connectivity index (χ4v) is 2.48. The smallest absolute Gasteiger partial charge is 0.332 e. The standard InChI is InChI=1S/C17H16N4O2/c1-3-10-20-15-13(16(22)21(11-4-2)17(20)23)18-14(19-15)12-8-6-5-7-9-12/h3-9H,1-2,10-11H2,(H,18,19). The highest BCUT2D eigenvalue weighted by molar-refractivity contribution is 5.75. The first-order valence-electron chi connectivity index (χ1n) is 7.18. The molecule has 0 unspecified atom stereocenters. The Labute approximate surface area is 132 Å². The van der Waals surface area contributed by atoms with Gasteiger partial charge in [-0.05, 0) is 0 Å². The van der Waals surface area contributed by atoms with E-state index in [2.05, 4.69) is 23.1 Å². The summed E-state index contributed by atoms with van der Waals surface area (Å²) in [5.74, 6) is 0.547. The van der Waals surface area contributed by atoms with Crippen LogP contribution in [-0.2, 0) is 13.1 Å². The molecule has 0 bridgehead atoms. The minimum absolute atomic E-state index is 0.143. The van der Waals surface area contributed by atoms with Crippen molar-refractivity contribution in [1.82, 2.24) is 19.1 Å². The molecule has 0 fully saturated rings. The Morgan fingerprint density at radius 3 is 2.35 bits per heavy atom. The van der Waals surface area contributed by atoms with Crippen molar-refractivity contribution in [3.8, 4) is 11.4 Å². The van der Waals surface area contributed by atoms with Crippen molar-refractivity contribution >= 4 is 11.2 Å². The zero-order chi connectivity index (χ0) is 16.4. The molecule has 0 saturated carbocycles. The second-order valence-electron chi connectivity index (χ2n) is 5.04. The fourth-order valence-electron chi connectivity index (χ4n) is 2.48. The van der Waals surface area contributed by atoms with Crippen LogP contribution in [0.2, 0.25) is 0 Å². The maximum atomic E-state index is 12.5. The van der Waals surface area contributed by atoms with Crippen LogP contribution in [0.3, 0.4) is 0 Å². The van der Waals surface area contributed by atoms with Crippen LogP contribution < -0.4 is 11.2 Å². The maximum absolute atomic E-state index is 12.5. The predicted molar refractivity (Wildman–Crippen MR) is 90.4 cm³/mol. The first kappa shape index (κ1) is 14.8. The normalized spacial score (nSPS) is 10.8. The molecule has 6 nitrogen and oxygen atoms in total. The lowest BCUT2D eigenvalue weighted by atomic mass is 10.2. The third-order valence-corrected chi connectivity index (χ3v) is 3.53. The van der Waals surface area contributed by atoms with Crippen LogP contribution in [0.4, 0.5) is 0 Å². The number of allylic oxidation sites excluding steroid dienone is 2. The van der Waals surface area contributed by atoms with Gasteiger partial charge in [-0.15, -0.1) is 13.2 Å². The van der Waals surface area contributed by atoms with Crippen molar-refractivity contribution in [3.05, 3.63) is 76.5 Å². The zero-order valence-corrected chi connectivity index (χ0v) is 12.5. The highest BCUT2D eigenvalue weighted by Crippen LogP contribution is 2.17. The van der Waals surface area contributed by atoms with Gasteiger partial charge in [-0.1, -0.05) is 42.5 Å². The van der Waals surface area contributed by atoms with E-state index < -0.39 is 11.2 Å². The molecule has 116 valence electrons. The molecule has 0 spiro atoms. The number of aromatic nitrogens is 4. The highest BCUT2D eigenvalue weighted by Gasteiger charge is 2.16. The average Bonchev–Trinajstić information content (AvgIpc) is 3.02. The van der Waals surface area contributed by atoms with Crippen LogP contribution in [0.1, 0.15) is 0 Å². The van der Waals surface area contributed by atoms with Gasteiger partial charge in [-0.3, -0.25) is 13.9 Å². The van der Waals surface area contributed by atoms with Gasteiger partial charge < -0.3 is 4.98 Å². The van der Waals surface area contributed by atoms with E-state index in [4.69, 9.17) is 0 Å². The summed E-state index contributed by atoms with van der Waals surface area (Å²) in [6.07, 6.45) is 3.11. The molecular formula is C17H16N4O2. The number of aromatic amines is 1. The van der Waals surface area contributed by atoms with Crippen LogP contribution in [0, 0.1) is 0 Å². The summed E-state index contributed by atoms with van der Waals surface area (Å²) in [5, 5.41) is 0. The van der Waals surface area contributed by atoms with E-state index >= 15 is 0 Å². The van der Waals surface area contributed by atoms with E-state index in [0.29, 0.717) is 17.0 Å². The minimum Gasteiger partial charge on any atom is -0.332 e. The predicted octanol–water partition coefficient (Wildman–Crippen LogP) is 1.93. The maximum Gasteiger partial charge on any atom is 0.333 e. The number of imidazole rings is 1. The third-order valence-electron chi connectivity index (χ3n) is 3.53. The second-order valence-corrected chi connectivity index (χ2v) is 5.04. The van der Waals surface area contributed by atoms with Crippen LogP contribution in [0.15, 0.2) is 65.2 Å². The van der Waals surface area contributed by atoms with E-state index in [1.165, 1.54) is 10.6 Å². The van der Waals surface area contributed by atoms with Gasteiger partial charge in [0.1, 0.15) is 11.3 Å². The molecule has 1 aromatic carbocycles. The van der Waals surface area contributed by atoms with Crippen LogP contribution >= 0.6 is 0 Å². The number of hydrogen-bond donors (Lipinski definition) is 1. The Hall–Kier alpha value is -3.15. The summed E-state index contributed by atoms with van der Waals surface area (Å²) < 4.78 is 2.56. The van der Waals surface area contributed by atoms with Crippen LogP contribution in [-0.4, -0.2) is 19.1 Å². The lowest BCUT2D eigenvalue weighted by molar-refractivity contribution is 0.646. The molecule has 0 aliphatic rings. The third kappa shape index (κ3) is 2.44. The number of fused-ring (bicyclic) bond motifs is 1. The molecule has 6 heteroatoms. The summed E-state index contributed by atoms with van der Waals surface area (Å²) in [5.41, 5.74) is 0.649. The van der Waals surface area contributed by atoms with Gasteiger partial charge in [-0.2, -0.15) is 0 Å². The van der Waals surface area contributed by atoms with Crippen LogP contribution in [0.5, 0.6) is 0 Å². The molecule has 0 aliphatic carbocycles. The summed E-state index contributed by atoms with van der Waals surface area (Å²) in [4.78, 5) is 32.5. The molecule has 3 rings (SSSR count). The van der Waals surface area contributed by atoms with Crippen molar-refractivity contribution in [2.75, 3.05) is 0 Å². The van der Waals surface area contributed by atoms with Crippen molar-refractivity contribution in [2.45, 2.75) is 13.1 Å². The van der Waals surface area contributed by atoms with Gasteiger partial charge >= 0.3 is 5.69 Å². The van der Waals surface area contributed by atoms with Gasteiger partial charge in [0, 0.05) is 18.7 Å². The molecule has 2 heterocycles. The minimum atomic E-state index is -0.423. The molecular weight excluding hydrogens is 292 g/mol. The Balaban J connectivity index is 2.36. The van der Waals surface area contributed by atoms with Crippen molar-refractivity contribution in [1.29, 1.82) is 0 Å². The Bertz CT molecular complexity index is 993. The number of benzene rings is 1. The summed E-state index contributed by atoms with van der Waals surface area (Å²) in [7, 11) is 0. The Morgan fingerprint density at radius 2 is 1.70 bits per heavy atom. The van der Waals surface area contributed by atoms with Crippen molar-refractivity contribution in [2.24, 2.45) is 0 Å². The SMILES string of the molecule is C=CCn1c(=O)c2[nH]c(-c3ccccc3)nc2n(CC=C)c1=O. The number of H-pyrrole nitrogens is 1. The van der Waals surface area contributed by atoms with Crippen molar-refractivity contribution in [3.63, 3.8) is 0 Å². The highest BCUT2D eigenvalue weighted by atomic mass is 16.2. The molecule has 3 aromatic rings. The molecule has 2 aromatic heterocycles. The fraction of sp³-hybridized carbons (Fsp3) is 0.118. The topological polar surface area (TPSA) is 72.7 Å². The zero-order valence-electron chi connectivity index (χ0n) is 12.5. The number of hydrogen-bond acceptors (Lipinski definition) is 3. The van der Waals surface area contributed by atoms with E-state index in [1.807, 2.05) is 30.3 Å². The number of rotatable bonds is 5. The second kappa shape index (κ2) is 5.92. The Kier molecular flexibility index (Phi) is 3.80. The molecule has 0 aliphatic heterocycles. The molecule has 0 saturated heterocycles. The summed E-state index contributed by atoms with van der Waals surface area (Å²) in [6.45, 7) is 7.67. The first-order valence-corrected chi connectivity index (χ1v) is 7.18. The lowest BCUT2D eigenvalue weighted by Crippen LogP contribution is -2.39. The summed E-state index contributed by atoms with van der Waals surface area (Å²) in [6, 6.07) is 9.44. The Morgan fingerprint density at radius 1 is 1.04 bits per heavy atom. The molecule has 0 atom stereocenters. The quantitative estimate of drug-likeness (QED) is 0.732. The van der Waals surface area contributed by atoms with Crippen LogP contribution in [0.25, 0.3) is 22.6 Å². The molecule has 0 radical (unpaired) electrons. The largest absolute Gasteiger partial charge is 0.333 e. The van der Waals surface area contributed by atoms with Gasteiger partial charge in [0.25, 0.3) is 5.56 Å². The van der Waals surface area contributed by atoms with E-state index in [9.17, 15) is 9.59 Å². The number of nitrogens with zero attached hydrogens (tertiary/aromatic N) is 3. The van der Waals surface area contributed by atoms with E-state index in [0.717, 1.165) is 10.1 Å². The van der Waals surface area contributed by atoms with E-state index in [-0.39, 0.29) is 13.1 Å². The van der Waals surface area contributed by atoms with Gasteiger partial charge in [0.2, 0.25) is 0 Å².